The van der Waals surface area contributed by atoms with Crippen molar-refractivity contribution in [3.63, 3.8) is 0 Å². The minimum absolute atomic E-state index is 0.107. The van der Waals surface area contributed by atoms with Gasteiger partial charge in [-0.05, 0) is 19.3 Å². The molecule has 0 spiro atoms. The Bertz CT molecular complexity index is 700. The van der Waals surface area contributed by atoms with Crippen molar-refractivity contribution in [2.75, 3.05) is 5.32 Å². The molecule has 2 N–H and O–H groups in total. The van der Waals surface area contributed by atoms with Crippen molar-refractivity contribution in [3.05, 3.63) is 34.1 Å². The number of hydrogen-bond donors (Lipinski definition) is 2. The molecule has 0 radical (unpaired) electrons. The second kappa shape index (κ2) is 6.13. The van der Waals surface area contributed by atoms with E-state index < -0.39 is 11.9 Å². The molecule has 1 fully saturated rings. The minimum atomic E-state index is -0.951. The number of anilines is 2. The highest BCUT2D eigenvalue weighted by Gasteiger charge is 2.23. The number of aromatic nitrogens is 2. The molecule has 5 nitrogen and oxygen atoms in total. The molecule has 2 aromatic rings. The monoisotopic (exact) mass is 344 g/mol. The Morgan fingerprint density at radius 1 is 1.27 bits per heavy atom. The highest BCUT2D eigenvalue weighted by Crippen LogP contribution is 2.31. The molecule has 0 atom stereocenters. The first kappa shape index (κ1) is 15.1. The van der Waals surface area contributed by atoms with Crippen molar-refractivity contribution in [2.45, 2.75) is 25.3 Å². The summed E-state index contributed by atoms with van der Waals surface area (Å²) in [7, 11) is 0. The zero-order chi connectivity index (χ0) is 15.7. The van der Waals surface area contributed by atoms with Crippen LogP contribution in [0.1, 0.15) is 29.8 Å². The smallest absolute Gasteiger partial charge is 0.272 e. The fourth-order valence-corrected chi connectivity index (χ4v) is 3.02. The van der Waals surface area contributed by atoms with Gasteiger partial charge in [0.05, 0.1) is 0 Å². The topological polar surface area (TPSA) is 66.9 Å². The number of carbonyl (C=O) groups excluding carboxylic acids is 1. The van der Waals surface area contributed by atoms with Crippen LogP contribution in [0, 0.1) is 11.9 Å². The number of thiazole rings is 1. The first-order valence-corrected chi connectivity index (χ1v) is 7.78. The van der Waals surface area contributed by atoms with Crippen LogP contribution in [0.3, 0.4) is 0 Å². The predicted octanol–water partition coefficient (Wildman–Crippen LogP) is 3.50. The summed E-state index contributed by atoms with van der Waals surface area (Å²) >= 11 is 7.03. The SMILES string of the molecule is O=C(NC1CCC1)c1nc(Nc2cc(F)nc(F)c2)sc1Cl. The second-order valence-electron chi connectivity index (χ2n) is 4.87. The Morgan fingerprint density at radius 2 is 1.95 bits per heavy atom. The lowest BCUT2D eigenvalue weighted by Gasteiger charge is -2.25. The molecule has 2 aromatic heterocycles. The van der Waals surface area contributed by atoms with Crippen LogP contribution < -0.4 is 10.6 Å². The first-order valence-electron chi connectivity index (χ1n) is 6.58. The molecule has 116 valence electrons. The lowest BCUT2D eigenvalue weighted by Crippen LogP contribution is -2.39. The van der Waals surface area contributed by atoms with Gasteiger partial charge >= 0.3 is 0 Å². The van der Waals surface area contributed by atoms with Crippen LogP contribution in [0.15, 0.2) is 12.1 Å². The summed E-state index contributed by atoms with van der Waals surface area (Å²) in [6.07, 6.45) is 3.00. The average molecular weight is 345 g/mol. The van der Waals surface area contributed by atoms with Crippen molar-refractivity contribution in [3.8, 4) is 0 Å². The number of amides is 1. The molecule has 9 heteroatoms. The number of nitrogens with zero attached hydrogens (tertiary/aromatic N) is 2. The molecule has 0 aromatic carbocycles. The van der Waals surface area contributed by atoms with Gasteiger partial charge in [-0.1, -0.05) is 22.9 Å². The third kappa shape index (κ3) is 3.33. The summed E-state index contributed by atoms with van der Waals surface area (Å²) < 4.78 is 26.3. The van der Waals surface area contributed by atoms with Crippen molar-refractivity contribution in [1.82, 2.24) is 15.3 Å². The number of rotatable bonds is 4. The van der Waals surface area contributed by atoms with Gasteiger partial charge < -0.3 is 10.6 Å². The molecule has 0 saturated heterocycles. The molecule has 1 saturated carbocycles. The summed E-state index contributed by atoms with van der Waals surface area (Å²) in [6, 6.07) is 2.21. The van der Waals surface area contributed by atoms with Crippen LogP contribution in [0.25, 0.3) is 0 Å². The van der Waals surface area contributed by atoms with Crippen molar-refractivity contribution in [1.29, 1.82) is 0 Å². The van der Waals surface area contributed by atoms with Crippen LogP contribution in [0.5, 0.6) is 0 Å². The molecule has 1 aliphatic carbocycles. The van der Waals surface area contributed by atoms with Crippen molar-refractivity contribution < 1.29 is 13.6 Å². The van der Waals surface area contributed by atoms with Crippen molar-refractivity contribution in [2.24, 2.45) is 0 Å². The van der Waals surface area contributed by atoms with Gasteiger partial charge in [-0.2, -0.15) is 13.8 Å². The molecule has 0 unspecified atom stereocenters. The molecule has 0 bridgehead atoms. The van der Waals surface area contributed by atoms with Gasteiger partial charge in [0.15, 0.2) is 10.8 Å². The third-order valence-corrected chi connectivity index (χ3v) is 4.43. The zero-order valence-electron chi connectivity index (χ0n) is 11.2. The van der Waals surface area contributed by atoms with E-state index in [2.05, 4.69) is 20.6 Å². The fraction of sp³-hybridized carbons (Fsp3) is 0.308. The fourth-order valence-electron chi connectivity index (χ4n) is 1.96. The van der Waals surface area contributed by atoms with Gasteiger partial charge in [-0.3, -0.25) is 4.79 Å². The lowest BCUT2D eigenvalue weighted by molar-refractivity contribution is 0.0913. The van der Waals surface area contributed by atoms with Gasteiger partial charge in [-0.25, -0.2) is 4.98 Å². The van der Waals surface area contributed by atoms with E-state index >= 15 is 0 Å². The van der Waals surface area contributed by atoms with E-state index in [9.17, 15) is 13.6 Å². The number of pyridine rings is 1. The summed E-state index contributed by atoms with van der Waals surface area (Å²) in [5, 5.41) is 5.81. The largest absolute Gasteiger partial charge is 0.348 e. The summed E-state index contributed by atoms with van der Waals surface area (Å²) in [4.78, 5) is 19.1. The maximum absolute atomic E-state index is 13.0. The molecule has 3 rings (SSSR count). The van der Waals surface area contributed by atoms with E-state index in [0.717, 1.165) is 42.7 Å². The lowest BCUT2D eigenvalue weighted by atomic mass is 9.93. The molecule has 1 amide bonds. The first-order chi connectivity index (χ1) is 10.5. The number of carbonyl (C=O) groups is 1. The number of nitrogens with one attached hydrogen (secondary N) is 2. The number of halogens is 3. The Labute approximate surface area is 133 Å². The highest BCUT2D eigenvalue weighted by atomic mass is 35.5. The molecule has 1 aliphatic rings. The van der Waals surface area contributed by atoms with Gasteiger partial charge in [-0.15, -0.1) is 0 Å². The quantitative estimate of drug-likeness (QED) is 0.833. The van der Waals surface area contributed by atoms with Crippen LogP contribution in [-0.4, -0.2) is 21.9 Å². The zero-order valence-corrected chi connectivity index (χ0v) is 12.8. The average Bonchev–Trinajstić information content (AvgIpc) is 2.73. The normalized spacial score (nSPS) is 14.5. The Hall–Kier alpha value is -1.80. The summed E-state index contributed by atoms with van der Waals surface area (Å²) in [5.74, 6) is -2.24. The maximum Gasteiger partial charge on any atom is 0.272 e. The maximum atomic E-state index is 13.0. The van der Waals surface area contributed by atoms with E-state index in [-0.39, 0.29) is 32.8 Å². The van der Waals surface area contributed by atoms with E-state index in [4.69, 9.17) is 11.6 Å². The second-order valence-corrected chi connectivity index (χ2v) is 6.47. The van der Waals surface area contributed by atoms with E-state index in [0.29, 0.717) is 0 Å². The van der Waals surface area contributed by atoms with Crippen LogP contribution in [-0.2, 0) is 0 Å². The van der Waals surface area contributed by atoms with Crippen LogP contribution >= 0.6 is 22.9 Å². The van der Waals surface area contributed by atoms with Gasteiger partial charge in [0.25, 0.3) is 5.91 Å². The number of hydrogen-bond acceptors (Lipinski definition) is 5. The standard InChI is InChI=1S/C13H11ClF2N4OS/c14-11-10(12(21)17-6-2-1-3-6)20-13(22-11)18-7-4-8(15)19-9(16)5-7/h4-6H,1-3H2,(H,17,21)(H,18,19,20). The van der Waals surface area contributed by atoms with Gasteiger partial charge in [0.1, 0.15) is 4.34 Å². The molecular weight excluding hydrogens is 334 g/mol. The molecule has 0 aliphatic heterocycles. The predicted molar refractivity (Wildman–Crippen MR) is 79.7 cm³/mol. The van der Waals surface area contributed by atoms with E-state index in [1.807, 2.05) is 0 Å². The molecule has 2 heterocycles. The summed E-state index contributed by atoms with van der Waals surface area (Å²) in [6.45, 7) is 0. The summed E-state index contributed by atoms with van der Waals surface area (Å²) in [5.41, 5.74) is 0.248. The van der Waals surface area contributed by atoms with Gasteiger partial charge in [0.2, 0.25) is 11.9 Å². The minimum Gasteiger partial charge on any atom is -0.348 e. The third-order valence-electron chi connectivity index (χ3n) is 3.26. The van der Waals surface area contributed by atoms with Gasteiger partial charge in [0, 0.05) is 23.9 Å². The van der Waals surface area contributed by atoms with Crippen LogP contribution in [0.4, 0.5) is 19.6 Å². The Morgan fingerprint density at radius 3 is 2.55 bits per heavy atom. The highest BCUT2D eigenvalue weighted by molar-refractivity contribution is 7.19. The molecular formula is C13H11ClF2N4OS. The van der Waals surface area contributed by atoms with Crippen LogP contribution in [0.2, 0.25) is 4.34 Å². The van der Waals surface area contributed by atoms with E-state index in [1.54, 1.807) is 0 Å². The Kier molecular flexibility index (Phi) is 4.21. The van der Waals surface area contributed by atoms with E-state index in [1.165, 1.54) is 0 Å². The van der Waals surface area contributed by atoms with Crippen molar-refractivity contribution >= 4 is 39.7 Å². The molecule has 22 heavy (non-hydrogen) atoms. The Balaban J connectivity index is 1.74.